The van der Waals surface area contributed by atoms with Gasteiger partial charge in [-0.2, -0.15) is 0 Å². The van der Waals surface area contributed by atoms with E-state index in [4.69, 9.17) is 0 Å². The van der Waals surface area contributed by atoms with Gasteiger partial charge in [-0.3, -0.25) is 0 Å². The average Bonchev–Trinajstić information content (AvgIpc) is 2.15. The standard InChI is InChI=1S/C16H32/c1-11-13(4)15(7,8)16(9,10)14(5,6)12(2)3/h12H,4,11H2,1-3,5-10H3. The first kappa shape index (κ1) is 15.7. The van der Waals surface area contributed by atoms with Crippen molar-refractivity contribution in [2.75, 3.05) is 0 Å². The van der Waals surface area contributed by atoms with Gasteiger partial charge >= 0.3 is 0 Å². The number of rotatable bonds is 5. The molecule has 0 atom stereocenters. The molecular formula is C16H32. The second-order valence-corrected chi connectivity index (χ2v) is 7.08. The highest BCUT2D eigenvalue weighted by atomic mass is 14.5. The predicted molar refractivity (Wildman–Crippen MR) is 75.6 cm³/mol. The van der Waals surface area contributed by atoms with Crippen LogP contribution in [0.3, 0.4) is 0 Å². The molecule has 0 aliphatic carbocycles. The molecule has 0 fully saturated rings. The van der Waals surface area contributed by atoms with Gasteiger partial charge in [-0.15, -0.1) is 0 Å². The second kappa shape index (κ2) is 4.55. The van der Waals surface area contributed by atoms with Gasteiger partial charge in [-0.05, 0) is 28.6 Å². The van der Waals surface area contributed by atoms with Crippen LogP contribution in [0.25, 0.3) is 0 Å². The smallest absolute Gasteiger partial charge is 0.00911 e. The molecule has 0 saturated heterocycles. The van der Waals surface area contributed by atoms with Crippen LogP contribution >= 0.6 is 0 Å². The Morgan fingerprint density at radius 2 is 1.38 bits per heavy atom. The fraction of sp³-hybridized carbons (Fsp3) is 0.875. The molecule has 0 heterocycles. The quantitative estimate of drug-likeness (QED) is 0.526. The molecular weight excluding hydrogens is 192 g/mol. The summed E-state index contributed by atoms with van der Waals surface area (Å²) < 4.78 is 0. The van der Waals surface area contributed by atoms with Gasteiger partial charge in [-0.1, -0.05) is 74.5 Å². The molecule has 0 bridgehead atoms. The molecule has 0 rings (SSSR count). The predicted octanol–water partition coefficient (Wildman–Crippen LogP) is 5.69. The van der Waals surface area contributed by atoms with Crippen LogP contribution in [0, 0.1) is 22.2 Å². The van der Waals surface area contributed by atoms with Crippen molar-refractivity contribution in [2.24, 2.45) is 22.2 Å². The van der Waals surface area contributed by atoms with Crippen LogP contribution < -0.4 is 0 Å². The zero-order valence-electron chi connectivity index (χ0n) is 13.0. The lowest BCUT2D eigenvalue weighted by Gasteiger charge is -2.55. The molecule has 0 saturated carbocycles. The van der Waals surface area contributed by atoms with E-state index in [0.717, 1.165) is 6.42 Å². The Hall–Kier alpha value is -0.260. The fourth-order valence-corrected chi connectivity index (χ4v) is 2.41. The van der Waals surface area contributed by atoms with Gasteiger partial charge in [0.1, 0.15) is 0 Å². The number of hydrogen-bond donors (Lipinski definition) is 0. The molecule has 0 heteroatoms. The Morgan fingerprint density at radius 1 is 1.00 bits per heavy atom. The summed E-state index contributed by atoms with van der Waals surface area (Å²) in [4.78, 5) is 0. The van der Waals surface area contributed by atoms with Crippen molar-refractivity contribution in [1.82, 2.24) is 0 Å². The summed E-state index contributed by atoms with van der Waals surface area (Å²) in [6.07, 6.45) is 1.07. The van der Waals surface area contributed by atoms with Gasteiger partial charge in [0.2, 0.25) is 0 Å². The van der Waals surface area contributed by atoms with E-state index < -0.39 is 0 Å². The maximum atomic E-state index is 4.28. The van der Waals surface area contributed by atoms with Gasteiger partial charge in [0.15, 0.2) is 0 Å². The van der Waals surface area contributed by atoms with Crippen molar-refractivity contribution in [3.8, 4) is 0 Å². The highest BCUT2D eigenvalue weighted by Gasteiger charge is 2.49. The lowest BCUT2D eigenvalue weighted by atomic mass is 9.50. The van der Waals surface area contributed by atoms with Crippen molar-refractivity contribution in [2.45, 2.75) is 68.7 Å². The summed E-state index contributed by atoms with van der Waals surface area (Å²) in [7, 11) is 0. The van der Waals surface area contributed by atoms with Crippen LogP contribution in [0.1, 0.15) is 68.7 Å². The molecule has 0 unspecified atom stereocenters. The van der Waals surface area contributed by atoms with Crippen molar-refractivity contribution in [3.63, 3.8) is 0 Å². The Bertz CT molecular complexity index is 251. The number of allylic oxidation sites excluding steroid dienone is 1. The van der Waals surface area contributed by atoms with Crippen molar-refractivity contribution in [3.05, 3.63) is 12.2 Å². The molecule has 0 spiro atoms. The Kier molecular flexibility index (Phi) is 4.47. The monoisotopic (exact) mass is 224 g/mol. The van der Waals surface area contributed by atoms with E-state index in [1.165, 1.54) is 5.57 Å². The summed E-state index contributed by atoms with van der Waals surface area (Å²) in [5.74, 6) is 0.673. The summed E-state index contributed by atoms with van der Waals surface area (Å²) >= 11 is 0. The Morgan fingerprint density at radius 3 is 1.62 bits per heavy atom. The molecule has 0 aromatic rings. The summed E-state index contributed by atoms with van der Waals surface area (Å²) in [6, 6.07) is 0. The first-order valence-electron chi connectivity index (χ1n) is 6.61. The Balaban J connectivity index is 5.42. The van der Waals surface area contributed by atoms with E-state index in [1.54, 1.807) is 0 Å². The molecule has 0 radical (unpaired) electrons. The molecule has 96 valence electrons. The highest BCUT2D eigenvalue weighted by molar-refractivity contribution is 5.15. The topological polar surface area (TPSA) is 0 Å². The van der Waals surface area contributed by atoms with Crippen LogP contribution in [-0.4, -0.2) is 0 Å². The van der Waals surface area contributed by atoms with E-state index >= 15 is 0 Å². The van der Waals surface area contributed by atoms with Gasteiger partial charge in [-0.25, -0.2) is 0 Å². The summed E-state index contributed by atoms with van der Waals surface area (Å²) in [6.45, 7) is 25.4. The van der Waals surface area contributed by atoms with Gasteiger partial charge in [0, 0.05) is 0 Å². The normalized spacial score (nSPS) is 14.4. The number of hydrogen-bond acceptors (Lipinski definition) is 0. The van der Waals surface area contributed by atoms with Crippen LogP contribution in [0.5, 0.6) is 0 Å². The van der Waals surface area contributed by atoms with E-state index in [2.05, 4.69) is 68.9 Å². The minimum atomic E-state index is 0.176. The molecule has 16 heavy (non-hydrogen) atoms. The van der Waals surface area contributed by atoms with Gasteiger partial charge in [0.25, 0.3) is 0 Å². The van der Waals surface area contributed by atoms with Crippen molar-refractivity contribution < 1.29 is 0 Å². The first-order chi connectivity index (χ1) is 6.92. The zero-order valence-corrected chi connectivity index (χ0v) is 13.0. The van der Waals surface area contributed by atoms with Crippen molar-refractivity contribution in [1.29, 1.82) is 0 Å². The van der Waals surface area contributed by atoms with Crippen LogP contribution in [-0.2, 0) is 0 Å². The third kappa shape index (κ3) is 2.21. The van der Waals surface area contributed by atoms with Crippen LogP contribution in [0.4, 0.5) is 0 Å². The molecule has 0 nitrogen and oxygen atoms in total. The van der Waals surface area contributed by atoms with Gasteiger partial charge in [0.05, 0.1) is 0 Å². The highest BCUT2D eigenvalue weighted by Crippen LogP contribution is 2.57. The van der Waals surface area contributed by atoms with Crippen LogP contribution in [0.2, 0.25) is 0 Å². The molecule has 0 amide bonds. The van der Waals surface area contributed by atoms with Crippen LogP contribution in [0.15, 0.2) is 12.2 Å². The lowest BCUT2D eigenvalue weighted by molar-refractivity contribution is -0.0303. The molecule has 0 N–H and O–H groups in total. The maximum absolute atomic E-state index is 4.28. The van der Waals surface area contributed by atoms with E-state index in [0.29, 0.717) is 11.3 Å². The summed E-state index contributed by atoms with van der Waals surface area (Å²) in [5.41, 5.74) is 2.08. The Labute approximate surface area is 104 Å². The third-order valence-corrected chi connectivity index (χ3v) is 5.93. The lowest BCUT2D eigenvalue weighted by Crippen LogP contribution is -2.47. The largest absolute Gasteiger partial charge is 0.0993 e. The molecule has 0 aliphatic heterocycles. The zero-order chi connectivity index (χ0) is 13.4. The van der Waals surface area contributed by atoms with Gasteiger partial charge < -0.3 is 0 Å². The minimum absolute atomic E-state index is 0.176. The van der Waals surface area contributed by atoms with Crippen molar-refractivity contribution >= 4 is 0 Å². The molecule has 0 aromatic carbocycles. The fourth-order valence-electron chi connectivity index (χ4n) is 2.41. The van der Waals surface area contributed by atoms with E-state index in [-0.39, 0.29) is 10.8 Å². The third-order valence-electron chi connectivity index (χ3n) is 5.93. The molecule has 0 aliphatic rings. The minimum Gasteiger partial charge on any atom is -0.0993 e. The summed E-state index contributed by atoms with van der Waals surface area (Å²) in [5, 5.41) is 0. The van der Waals surface area contributed by atoms with E-state index in [1.807, 2.05) is 0 Å². The van der Waals surface area contributed by atoms with E-state index in [9.17, 15) is 0 Å². The average molecular weight is 224 g/mol. The maximum Gasteiger partial charge on any atom is -0.00911 e. The SMILES string of the molecule is C=C(CC)C(C)(C)C(C)(C)C(C)(C)C(C)C. The first-order valence-corrected chi connectivity index (χ1v) is 6.61. The molecule has 0 aromatic heterocycles. The second-order valence-electron chi connectivity index (χ2n) is 7.08.